The van der Waals surface area contributed by atoms with Crippen LogP contribution in [0.2, 0.25) is 52.9 Å². The van der Waals surface area contributed by atoms with Crippen LogP contribution in [-0.4, -0.2) is 104 Å². The van der Waals surface area contributed by atoms with Gasteiger partial charge in [0.05, 0.1) is 19.1 Å². The number of amides is 3. The highest BCUT2D eigenvalue weighted by atomic mass is 28.4. The van der Waals surface area contributed by atoms with Gasteiger partial charge in [-0.25, -0.2) is 9.59 Å². The predicted octanol–water partition coefficient (Wildman–Crippen LogP) is 9.69. The van der Waals surface area contributed by atoms with E-state index in [1.807, 2.05) is 48.5 Å². The van der Waals surface area contributed by atoms with Crippen LogP contribution in [0, 0.1) is 0 Å². The van der Waals surface area contributed by atoms with E-state index in [9.17, 15) is 24.3 Å². The van der Waals surface area contributed by atoms with Crippen molar-refractivity contribution in [3.05, 3.63) is 59.7 Å². The molecule has 0 bridgehead atoms. The maximum atomic E-state index is 14.2. The average Bonchev–Trinajstić information content (AvgIpc) is 3.58. The highest BCUT2D eigenvalue weighted by Crippen LogP contribution is 2.45. The van der Waals surface area contributed by atoms with Gasteiger partial charge in [-0.1, -0.05) is 132 Å². The van der Waals surface area contributed by atoms with Crippen molar-refractivity contribution < 1.29 is 47.0 Å². The topological polar surface area (TPSA) is 171 Å². The van der Waals surface area contributed by atoms with Gasteiger partial charge in [-0.15, -0.1) is 0 Å². The van der Waals surface area contributed by atoms with Gasteiger partial charge in [0.15, 0.2) is 31.2 Å². The van der Waals surface area contributed by atoms with E-state index < -0.39 is 86.0 Å². The van der Waals surface area contributed by atoms with E-state index in [0.717, 1.165) is 58.5 Å². The van der Waals surface area contributed by atoms with E-state index in [0.29, 0.717) is 5.54 Å². The number of rotatable bonds is 24. The Bertz CT molecular complexity index is 1820. The third kappa shape index (κ3) is 11.9. The van der Waals surface area contributed by atoms with Gasteiger partial charge in [0.25, 0.3) is 0 Å². The number of hydrogen-bond acceptors (Lipinski definition) is 9. The summed E-state index contributed by atoms with van der Waals surface area (Å²) in [5.74, 6) is -2.69. The van der Waals surface area contributed by atoms with E-state index in [1.54, 1.807) is 0 Å². The molecule has 2 aromatic rings. The number of hydrogen-bond donors (Lipinski definition) is 4. The van der Waals surface area contributed by atoms with Crippen LogP contribution in [0.5, 0.6) is 0 Å². The predicted molar refractivity (Wildman–Crippen MR) is 260 cm³/mol. The molecule has 6 atom stereocenters. The van der Waals surface area contributed by atoms with Crippen molar-refractivity contribution in [3.8, 4) is 11.1 Å². The van der Waals surface area contributed by atoms with Crippen molar-refractivity contribution in [2.75, 3.05) is 13.2 Å². The summed E-state index contributed by atoms with van der Waals surface area (Å²) in [5.41, 5.74) is 4.96. The summed E-state index contributed by atoms with van der Waals surface area (Å²) in [5, 5.41) is 18.7. The van der Waals surface area contributed by atoms with Gasteiger partial charge in [-0.3, -0.25) is 9.59 Å². The molecule has 13 nitrogen and oxygen atoms in total. The molecule has 1 fully saturated rings. The summed E-state index contributed by atoms with van der Waals surface area (Å²) in [6.45, 7) is 27.8. The van der Waals surface area contributed by atoms with Crippen LogP contribution in [0.3, 0.4) is 0 Å². The SMILES string of the molecule is CC[Si](CC)(OC[C@H]1O[C@H](NC(=O)CC(NC(=O)OCC2c3ccccc3-c3ccccc32)C(=O)O)[C@H](NC(C)=O)[C@@H](O[Si](CC)(CC)C(C)C)[C@@H]1O[Si](CC)(CC)C(C)C)C(C)C. The molecule has 2 aliphatic rings. The van der Waals surface area contributed by atoms with E-state index >= 15 is 0 Å². The van der Waals surface area contributed by atoms with Crippen molar-refractivity contribution in [1.29, 1.82) is 0 Å². The summed E-state index contributed by atoms with van der Waals surface area (Å²) in [4.78, 5) is 53.3. The number of benzene rings is 2. The van der Waals surface area contributed by atoms with E-state index in [-0.39, 0.29) is 36.1 Å². The summed E-state index contributed by atoms with van der Waals surface area (Å²) in [6.07, 6.45) is -4.81. The molecule has 1 heterocycles. The Labute approximate surface area is 386 Å². The van der Waals surface area contributed by atoms with Gasteiger partial charge < -0.3 is 43.8 Å². The third-order valence-electron chi connectivity index (χ3n) is 14.7. The third-order valence-corrected chi connectivity index (χ3v) is 30.4. The zero-order valence-corrected chi connectivity index (χ0v) is 43.9. The van der Waals surface area contributed by atoms with Crippen LogP contribution in [-0.2, 0) is 37.1 Å². The molecule has 0 spiro atoms. The fraction of sp³-hybridized carbons (Fsp3) is 0.667. The van der Waals surface area contributed by atoms with Crippen LogP contribution in [0.25, 0.3) is 11.1 Å². The van der Waals surface area contributed by atoms with Gasteiger partial charge in [0, 0.05) is 12.8 Å². The van der Waals surface area contributed by atoms with Gasteiger partial charge in [-0.05, 0) is 75.1 Å². The maximum Gasteiger partial charge on any atom is 0.407 e. The Morgan fingerprint density at radius 2 is 1.14 bits per heavy atom. The number of ether oxygens (including phenoxy) is 2. The molecule has 0 aromatic heterocycles. The molecule has 3 amide bonds. The Kier molecular flexibility index (Phi) is 19.4. The fourth-order valence-corrected chi connectivity index (χ4v) is 20.7. The Morgan fingerprint density at radius 3 is 1.58 bits per heavy atom. The lowest BCUT2D eigenvalue weighted by Crippen LogP contribution is -2.72. The van der Waals surface area contributed by atoms with E-state index in [4.69, 9.17) is 22.8 Å². The van der Waals surface area contributed by atoms with Crippen molar-refractivity contribution >= 4 is 48.8 Å². The number of carboxylic acid groups (broad SMARTS) is 1. The number of nitrogens with one attached hydrogen (secondary N) is 3. The largest absolute Gasteiger partial charge is 0.480 e. The first-order valence-corrected chi connectivity index (χ1v) is 31.1. The first-order chi connectivity index (χ1) is 30.3. The van der Waals surface area contributed by atoms with Crippen LogP contribution in [0.15, 0.2) is 48.5 Å². The molecule has 1 aliphatic heterocycles. The number of fused-ring (bicyclic) bond motifs is 3. The first-order valence-electron chi connectivity index (χ1n) is 23.9. The lowest BCUT2D eigenvalue weighted by molar-refractivity contribution is -0.194. The minimum Gasteiger partial charge on any atom is -0.480 e. The second-order valence-electron chi connectivity index (χ2n) is 18.7. The van der Waals surface area contributed by atoms with Crippen LogP contribution in [0.4, 0.5) is 4.79 Å². The summed E-state index contributed by atoms with van der Waals surface area (Å²) < 4.78 is 34.7. The minimum absolute atomic E-state index is 0.0223. The molecule has 1 unspecified atom stereocenters. The maximum absolute atomic E-state index is 14.2. The van der Waals surface area contributed by atoms with Crippen molar-refractivity contribution in [2.45, 2.75) is 192 Å². The first kappa shape index (κ1) is 53.2. The van der Waals surface area contributed by atoms with Gasteiger partial charge >= 0.3 is 12.1 Å². The number of carboxylic acids is 1. The monoisotopic (exact) mass is 942 g/mol. The Balaban J connectivity index is 1.68. The van der Waals surface area contributed by atoms with Crippen LogP contribution < -0.4 is 16.0 Å². The van der Waals surface area contributed by atoms with Crippen molar-refractivity contribution in [3.63, 3.8) is 0 Å². The van der Waals surface area contributed by atoms with Gasteiger partial charge in [0.2, 0.25) is 11.8 Å². The average molecular weight is 942 g/mol. The standard InChI is InChI=1S/C48H79N3O10Si3/c1-14-62(15-2,31(7)8)58-30-41-44(60-63(16-3,17-4)32(9)10)45(61-64(18-5,19-6)33(11)12)43(49-34(13)52)46(59-41)51-42(53)28-40(47(54)55)50-48(56)57-29-39-37-26-22-20-24-35(37)36-25-21-23-27-38(36)39/h20-27,31-33,39-41,43-46H,14-19,28-30H2,1-13H3,(H,49,52)(H,50,56)(H,51,53)(H,54,55)/t40?,41-,43-,44-,45-,46+/m1/s1. The molecule has 2 aromatic carbocycles. The normalized spacial score (nSPS) is 20.8. The molecule has 0 saturated carbocycles. The summed E-state index contributed by atoms with van der Waals surface area (Å²) in [6, 6.07) is 18.5. The smallest absolute Gasteiger partial charge is 0.407 e. The lowest BCUT2D eigenvalue weighted by atomic mass is 9.95. The zero-order chi connectivity index (χ0) is 47.6. The number of alkyl carbamates (subject to hydrolysis) is 1. The fourth-order valence-electron chi connectivity index (χ4n) is 10.2. The molecular formula is C48H79N3O10Si3. The highest BCUT2D eigenvalue weighted by molar-refractivity contribution is 6.76. The van der Waals surface area contributed by atoms with Crippen LogP contribution >= 0.6 is 0 Å². The number of aliphatic carboxylic acids is 1. The second kappa shape index (κ2) is 23.4. The number of carbonyl (C=O) groups is 4. The molecular weight excluding hydrogens is 863 g/mol. The molecule has 4 rings (SSSR count). The van der Waals surface area contributed by atoms with E-state index in [1.165, 1.54) is 6.92 Å². The highest BCUT2D eigenvalue weighted by Gasteiger charge is 2.55. The molecule has 0 radical (unpaired) electrons. The molecule has 1 saturated heterocycles. The van der Waals surface area contributed by atoms with E-state index in [2.05, 4.69) is 99.0 Å². The van der Waals surface area contributed by atoms with Gasteiger partial charge in [0.1, 0.15) is 30.9 Å². The zero-order valence-electron chi connectivity index (χ0n) is 40.9. The number of carbonyl (C=O) groups excluding carboxylic acids is 3. The molecule has 64 heavy (non-hydrogen) atoms. The van der Waals surface area contributed by atoms with Crippen molar-refractivity contribution in [1.82, 2.24) is 16.0 Å². The quantitative estimate of drug-likeness (QED) is 0.0744. The second-order valence-corrected chi connectivity index (χ2v) is 33.6. The molecule has 1 aliphatic carbocycles. The molecule has 16 heteroatoms. The Morgan fingerprint density at radius 1 is 0.672 bits per heavy atom. The Hall–Kier alpha value is -3.39. The summed E-state index contributed by atoms with van der Waals surface area (Å²) >= 11 is 0. The van der Waals surface area contributed by atoms with Crippen molar-refractivity contribution in [2.24, 2.45) is 0 Å². The van der Waals surface area contributed by atoms with Crippen LogP contribution in [0.1, 0.15) is 113 Å². The lowest BCUT2D eigenvalue weighted by Gasteiger charge is -2.53. The minimum atomic E-state index is -2.53. The van der Waals surface area contributed by atoms with Gasteiger partial charge in [-0.2, -0.15) is 0 Å². The summed E-state index contributed by atoms with van der Waals surface area (Å²) in [7, 11) is -7.25. The molecule has 358 valence electrons. The molecule has 4 N–H and O–H groups in total.